The molecule has 1 aromatic rings. The maximum atomic E-state index is 13.1. The third kappa shape index (κ3) is 1.58. The number of carboxylic acids is 1. The Bertz CT molecular complexity index is 312. The molecule has 0 aromatic heterocycles. The molecule has 12 heavy (non-hydrogen) atoms. The largest absolute Gasteiger partial charge is 0.478 e. The molecule has 4 heteroatoms. The fraction of sp³-hybridized carbons (Fsp3) is 0.125. The molecule has 0 fully saturated rings. The normalized spacial score (nSPS) is 9.83. The number of rotatable bonds is 2. The Hall–Kier alpha value is -1.03. The first-order chi connectivity index (χ1) is 5.66. The molecule has 64 valence electrons. The van der Waals surface area contributed by atoms with Gasteiger partial charge in [0, 0.05) is 5.75 Å². The molecule has 0 aliphatic heterocycles. The predicted octanol–water partition coefficient (Wildman–Crippen LogP) is 1.95. The lowest BCUT2D eigenvalue weighted by Gasteiger charge is -2.01. The van der Waals surface area contributed by atoms with Crippen molar-refractivity contribution >= 4 is 18.6 Å². The summed E-state index contributed by atoms with van der Waals surface area (Å²) >= 11 is 3.86. The van der Waals surface area contributed by atoms with Crippen molar-refractivity contribution in [2.45, 2.75) is 5.75 Å². The van der Waals surface area contributed by atoms with Gasteiger partial charge in [-0.05, 0) is 11.6 Å². The number of benzene rings is 1. The van der Waals surface area contributed by atoms with Crippen LogP contribution < -0.4 is 0 Å². The van der Waals surface area contributed by atoms with Crippen molar-refractivity contribution in [1.82, 2.24) is 0 Å². The lowest BCUT2D eigenvalue weighted by molar-refractivity contribution is 0.0691. The van der Waals surface area contributed by atoms with Gasteiger partial charge in [0.15, 0.2) is 0 Å². The quantitative estimate of drug-likeness (QED) is 0.693. The zero-order valence-electron chi connectivity index (χ0n) is 6.12. The van der Waals surface area contributed by atoms with Gasteiger partial charge in [-0.15, -0.1) is 0 Å². The molecule has 2 nitrogen and oxygen atoms in total. The van der Waals surface area contributed by atoms with Crippen LogP contribution in [0.5, 0.6) is 0 Å². The number of halogens is 1. The molecule has 0 aliphatic rings. The van der Waals surface area contributed by atoms with Gasteiger partial charge in [0.05, 0.1) is 5.56 Å². The van der Waals surface area contributed by atoms with E-state index >= 15 is 0 Å². The first-order valence-corrected chi connectivity index (χ1v) is 3.91. The Balaban J connectivity index is 3.23. The average Bonchev–Trinajstić information content (AvgIpc) is 2.04. The molecule has 0 aliphatic carbocycles. The molecular formula is C8H7FO2S. The van der Waals surface area contributed by atoms with E-state index < -0.39 is 11.8 Å². The molecule has 1 rings (SSSR count). The highest BCUT2D eigenvalue weighted by atomic mass is 32.1. The lowest BCUT2D eigenvalue weighted by atomic mass is 10.1. The molecule has 0 atom stereocenters. The van der Waals surface area contributed by atoms with E-state index in [0.717, 1.165) is 0 Å². The van der Waals surface area contributed by atoms with Crippen LogP contribution >= 0.6 is 12.6 Å². The fourth-order valence-electron chi connectivity index (χ4n) is 0.867. The second-order valence-electron chi connectivity index (χ2n) is 2.24. The summed E-state index contributed by atoms with van der Waals surface area (Å²) in [5.74, 6) is -1.75. The highest BCUT2D eigenvalue weighted by molar-refractivity contribution is 7.79. The highest BCUT2D eigenvalue weighted by Crippen LogP contribution is 2.14. The zero-order valence-corrected chi connectivity index (χ0v) is 7.01. The van der Waals surface area contributed by atoms with Crippen LogP contribution in [0.3, 0.4) is 0 Å². The Morgan fingerprint density at radius 1 is 1.58 bits per heavy atom. The van der Waals surface area contributed by atoms with Gasteiger partial charge in [-0.2, -0.15) is 12.6 Å². The molecule has 0 heterocycles. The van der Waals surface area contributed by atoms with Crippen molar-refractivity contribution in [3.05, 3.63) is 35.1 Å². The summed E-state index contributed by atoms with van der Waals surface area (Å²) in [5, 5.41) is 8.52. The summed E-state index contributed by atoms with van der Waals surface area (Å²) in [7, 11) is 0. The molecule has 0 saturated heterocycles. The van der Waals surface area contributed by atoms with E-state index in [1.807, 2.05) is 0 Å². The van der Waals surface area contributed by atoms with Crippen LogP contribution in [0, 0.1) is 5.82 Å². The molecule has 0 spiro atoms. The van der Waals surface area contributed by atoms with Crippen molar-refractivity contribution in [2.24, 2.45) is 0 Å². The smallest absolute Gasteiger partial charge is 0.338 e. The molecule has 0 bridgehead atoms. The van der Waals surface area contributed by atoms with Crippen molar-refractivity contribution in [3.63, 3.8) is 0 Å². The van der Waals surface area contributed by atoms with E-state index in [1.54, 1.807) is 0 Å². The van der Waals surface area contributed by atoms with Gasteiger partial charge < -0.3 is 5.11 Å². The SMILES string of the molecule is O=C(O)c1cccc(CS)c1F. The van der Waals surface area contributed by atoms with E-state index in [9.17, 15) is 9.18 Å². The van der Waals surface area contributed by atoms with Crippen molar-refractivity contribution in [1.29, 1.82) is 0 Å². The van der Waals surface area contributed by atoms with E-state index in [1.165, 1.54) is 18.2 Å². The van der Waals surface area contributed by atoms with Crippen LogP contribution in [0.15, 0.2) is 18.2 Å². The number of thiol groups is 1. The van der Waals surface area contributed by atoms with E-state index in [0.29, 0.717) is 5.56 Å². The van der Waals surface area contributed by atoms with Gasteiger partial charge >= 0.3 is 5.97 Å². The van der Waals surface area contributed by atoms with Gasteiger partial charge in [0.1, 0.15) is 5.82 Å². The van der Waals surface area contributed by atoms with Crippen LogP contribution in [-0.2, 0) is 5.75 Å². The van der Waals surface area contributed by atoms with Crippen molar-refractivity contribution in [3.8, 4) is 0 Å². The minimum absolute atomic E-state index is 0.201. The number of hydrogen-bond acceptors (Lipinski definition) is 2. The van der Waals surface area contributed by atoms with E-state index in [4.69, 9.17) is 5.11 Å². The standard InChI is InChI=1S/C8H7FO2S/c9-7-5(4-12)2-1-3-6(7)8(10)11/h1-3,12H,4H2,(H,10,11). The zero-order chi connectivity index (χ0) is 9.14. The van der Waals surface area contributed by atoms with Gasteiger partial charge in [0.2, 0.25) is 0 Å². The Kier molecular flexibility index (Phi) is 2.70. The van der Waals surface area contributed by atoms with Crippen molar-refractivity contribution < 1.29 is 14.3 Å². The lowest BCUT2D eigenvalue weighted by Crippen LogP contribution is -2.02. The summed E-state index contributed by atoms with van der Waals surface area (Å²) in [6.07, 6.45) is 0. The molecule has 0 radical (unpaired) electrons. The summed E-state index contributed by atoms with van der Waals surface area (Å²) in [4.78, 5) is 10.4. The van der Waals surface area contributed by atoms with E-state index in [-0.39, 0.29) is 11.3 Å². The molecule has 0 unspecified atom stereocenters. The Morgan fingerprint density at radius 3 is 2.75 bits per heavy atom. The van der Waals surface area contributed by atoms with Crippen LogP contribution in [-0.4, -0.2) is 11.1 Å². The minimum atomic E-state index is -1.25. The van der Waals surface area contributed by atoms with Gasteiger partial charge in [-0.3, -0.25) is 0 Å². The summed E-state index contributed by atoms with van der Waals surface area (Å²) in [6.45, 7) is 0. The van der Waals surface area contributed by atoms with Crippen LogP contribution in [0.1, 0.15) is 15.9 Å². The van der Waals surface area contributed by atoms with Crippen molar-refractivity contribution in [2.75, 3.05) is 0 Å². The number of carboxylic acid groups (broad SMARTS) is 1. The Morgan fingerprint density at radius 2 is 2.25 bits per heavy atom. The summed E-state index contributed by atoms with van der Waals surface area (Å²) in [5.41, 5.74) is -0.000201. The molecule has 1 aromatic carbocycles. The second-order valence-corrected chi connectivity index (χ2v) is 2.56. The summed E-state index contributed by atoms with van der Waals surface area (Å²) < 4.78 is 13.1. The monoisotopic (exact) mass is 186 g/mol. The topological polar surface area (TPSA) is 37.3 Å². The third-order valence-electron chi connectivity index (χ3n) is 1.48. The van der Waals surface area contributed by atoms with Crippen LogP contribution in [0.2, 0.25) is 0 Å². The maximum Gasteiger partial charge on any atom is 0.338 e. The maximum absolute atomic E-state index is 13.1. The fourth-order valence-corrected chi connectivity index (χ4v) is 1.11. The van der Waals surface area contributed by atoms with Crippen LogP contribution in [0.25, 0.3) is 0 Å². The van der Waals surface area contributed by atoms with Gasteiger partial charge in [-0.1, -0.05) is 12.1 Å². The first-order valence-electron chi connectivity index (χ1n) is 3.28. The third-order valence-corrected chi connectivity index (χ3v) is 1.82. The second kappa shape index (κ2) is 3.58. The molecule has 1 N–H and O–H groups in total. The number of carbonyl (C=O) groups is 1. The van der Waals surface area contributed by atoms with Gasteiger partial charge in [0.25, 0.3) is 0 Å². The average molecular weight is 186 g/mol. The van der Waals surface area contributed by atoms with Gasteiger partial charge in [-0.25, -0.2) is 9.18 Å². The first kappa shape index (κ1) is 9.06. The predicted molar refractivity (Wildman–Crippen MR) is 46.0 cm³/mol. The summed E-state index contributed by atoms with van der Waals surface area (Å²) in [6, 6.07) is 4.23. The molecule has 0 amide bonds. The number of hydrogen-bond donors (Lipinski definition) is 2. The highest BCUT2D eigenvalue weighted by Gasteiger charge is 2.11. The number of aromatic carboxylic acids is 1. The molecule has 0 saturated carbocycles. The van der Waals surface area contributed by atoms with E-state index in [2.05, 4.69) is 12.6 Å². The molecular weight excluding hydrogens is 179 g/mol. The Labute approximate surface area is 74.4 Å². The minimum Gasteiger partial charge on any atom is -0.478 e. The van der Waals surface area contributed by atoms with Crippen LogP contribution in [0.4, 0.5) is 4.39 Å².